The third-order valence-electron chi connectivity index (χ3n) is 10.1. The van der Waals surface area contributed by atoms with Crippen molar-refractivity contribution >= 4 is 0 Å². The van der Waals surface area contributed by atoms with Crippen LogP contribution in [0.25, 0.3) is 0 Å². The highest BCUT2D eigenvalue weighted by molar-refractivity contribution is 5.00. The summed E-state index contributed by atoms with van der Waals surface area (Å²) in [6, 6.07) is 0. The molecule has 0 aliphatic carbocycles. The molecule has 7 heterocycles. The Hall–Kier alpha value is -0.820. The Morgan fingerprint density at radius 3 is 1.30 bits per heavy atom. The predicted octanol–water partition coefficient (Wildman–Crippen LogP) is 3.71. The monoisotopic (exact) mass is 714 g/mol. The Balaban J connectivity index is 0.893. The van der Waals surface area contributed by atoms with Crippen LogP contribution in [-0.2, 0) is 66.3 Å². The maximum absolute atomic E-state index is 6.33. The molecule has 286 valence electrons. The summed E-state index contributed by atoms with van der Waals surface area (Å²) >= 11 is 0. The molecule has 0 aromatic rings. The lowest BCUT2D eigenvalue weighted by atomic mass is 9.97. The molecular formula is C36H58O14. The SMILES string of the molecule is CC1(C)O[C@@H]2[C@H](O1)[C@@H](OCCC[C@H]1OC/C=C\CO[C@@H]1CCCO[C@H]1O[C@@H]3COC(C)(C)O[C@H]3[C@@H]3OC(C)(C)O[C@H]13)O[C@@H]1COC(C)(C)O[C@@H]21. The highest BCUT2D eigenvalue weighted by atomic mass is 16.8. The molecule has 0 saturated carbocycles. The Morgan fingerprint density at radius 2 is 0.880 bits per heavy atom. The second-order valence-electron chi connectivity index (χ2n) is 16.0. The van der Waals surface area contributed by atoms with Crippen LogP contribution in [-0.4, -0.2) is 136 Å². The van der Waals surface area contributed by atoms with Crippen LogP contribution in [0.2, 0.25) is 0 Å². The van der Waals surface area contributed by atoms with E-state index in [9.17, 15) is 0 Å². The lowest BCUT2D eigenvalue weighted by Crippen LogP contribution is -2.63. The van der Waals surface area contributed by atoms with Crippen molar-refractivity contribution in [2.45, 2.75) is 178 Å². The summed E-state index contributed by atoms with van der Waals surface area (Å²) in [5.41, 5.74) is 0. The number of hydrogen-bond donors (Lipinski definition) is 0. The Bertz CT molecular complexity index is 1090. The lowest BCUT2D eigenvalue weighted by molar-refractivity contribution is -0.370. The molecule has 6 saturated heterocycles. The van der Waals surface area contributed by atoms with Gasteiger partial charge < -0.3 is 66.3 Å². The molecule has 0 N–H and O–H groups in total. The number of hydrogen-bond acceptors (Lipinski definition) is 14. The molecule has 0 aromatic heterocycles. The standard InChI is InChI=1S/C36H58O14/c1-33(2)41-19-23-25(45-33)27-29(49-35(5,6)47-27)31(43-23)39-17-11-13-21-22(38-16-10-9-15-37-21)14-12-18-40-32-30-28(48-36(7,8)50-30)26-24(44-32)20-42-34(3,4)46-26/h9-10,21-32H,11-20H2,1-8H3/b10-9-/t21-,22-,23-,24-,25-,26-,27+,28+,29+,30+,31+,32+/m1/s1. The highest BCUT2D eigenvalue weighted by Gasteiger charge is 2.60. The fraction of sp³-hybridized carbons (Fsp3) is 0.944. The minimum absolute atomic E-state index is 0.108. The molecule has 0 unspecified atom stereocenters. The van der Waals surface area contributed by atoms with Gasteiger partial charge in [-0.2, -0.15) is 0 Å². The van der Waals surface area contributed by atoms with Crippen LogP contribution in [0.1, 0.15) is 81.1 Å². The van der Waals surface area contributed by atoms with Crippen LogP contribution >= 0.6 is 0 Å². The van der Waals surface area contributed by atoms with Gasteiger partial charge in [0.2, 0.25) is 0 Å². The van der Waals surface area contributed by atoms with E-state index in [4.69, 9.17) is 66.3 Å². The summed E-state index contributed by atoms with van der Waals surface area (Å²) in [7, 11) is 0. The van der Waals surface area contributed by atoms with Crippen LogP contribution in [0.15, 0.2) is 12.2 Å². The van der Waals surface area contributed by atoms with Crippen molar-refractivity contribution in [3.63, 3.8) is 0 Å². The first-order valence-electron chi connectivity index (χ1n) is 18.4. The van der Waals surface area contributed by atoms with E-state index in [2.05, 4.69) is 0 Å². The van der Waals surface area contributed by atoms with Gasteiger partial charge in [0.1, 0.15) is 48.8 Å². The third kappa shape index (κ3) is 8.60. The topological polar surface area (TPSA) is 129 Å². The number of ether oxygens (including phenoxy) is 14. The van der Waals surface area contributed by atoms with Gasteiger partial charge in [0.25, 0.3) is 0 Å². The van der Waals surface area contributed by atoms with Gasteiger partial charge in [0.05, 0.1) is 38.6 Å². The van der Waals surface area contributed by atoms with Crippen molar-refractivity contribution in [2.75, 3.05) is 39.6 Å². The second kappa shape index (κ2) is 14.8. The van der Waals surface area contributed by atoms with Gasteiger partial charge in [-0.15, -0.1) is 0 Å². The van der Waals surface area contributed by atoms with Crippen molar-refractivity contribution in [3.05, 3.63) is 12.2 Å². The molecule has 0 spiro atoms. The minimum atomic E-state index is -0.771. The fourth-order valence-electron chi connectivity index (χ4n) is 7.97. The molecular weight excluding hydrogens is 656 g/mol. The van der Waals surface area contributed by atoms with Crippen molar-refractivity contribution in [1.82, 2.24) is 0 Å². The van der Waals surface area contributed by atoms with E-state index in [0.29, 0.717) is 39.6 Å². The molecule has 14 heteroatoms. The van der Waals surface area contributed by atoms with Crippen molar-refractivity contribution < 1.29 is 66.3 Å². The van der Waals surface area contributed by atoms with Crippen LogP contribution < -0.4 is 0 Å². The molecule has 6 fully saturated rings. The molecule has 7 rings (SSSR count). The summed E-state index contributed by atoms with van der Waals surface area (Å²) < 4.78 is 87.1. The molecule has 0 radical (unpaired) electrons. The average Bonchev–Trinajstić information content (AvgIpc) is 3.54. The maximum Gasteiger partial charge on any atom is 0.187 e. The average molecular weight is 715 g/mol. The van der Waals surface area contributed by atoms with Crippen LogP contribution in [0, 0.1) is 0 Å². The van der Waals surface area contributed by atoms with Crippen LogP contribution in [0.5, 0.6) is 0 Å². The van der Waals surface area contributed by atoms with Gasteiger partial charge in [-0.25, -0.2) is 0 Å². The number of fused-ring (bicyclic) bond motifs is 6. The van der Waals surface area contributed by atoms with Crippen LogP contribution in [0.3, 0.4) is 0 Å². The van der Waals surface area contributed by atoms with E-state index in [-0.39, 0.29) is 48.8 Å². The smallest absolute Gasteiger partial charge is 0.187 e. The quantitative estimate of drug-likeness (QED) is 0.241. The molecule has 7 aliphatic heterocycles. The zero-order chi connectivity index (χ0) is 35.3. The molecule has 50 heavy (non-hydrogen) atoms. The molecule has 12 atom stereocenters. The fourth-order valence-corrected chi connectivity index (χ4v) is 7.97. The normalized spacial score (nSPS) is 45.0. The Labute approximate surface area is 295 Å². The Morgan fingerprint density at radius 1 is 0.500 bits per heavy atom. The molecule has 0 aromatic carbocycles. The minimum Gasteiger partial charge on any atom is -0.371 e. The predicted molar refractivity (Wildman–Crippen MR) is 174 cm³/mol. The van der Waals surface area contributed by atoms with Gasteiger partial charge in [0, 0.05) is 13.2 Å². The molecule has 7 aliphatic rings. The van der Waals surface area contributed by atoms with Crippen LogP contribution in [0.4, 0.5) is 0 Å². The van der Waals surface area contributed by atoms with Gasteiger partial charge in [0.15, 0.2) is 35.7 Å². The van der Waals surface area contributed by atoms with E-state index in [1.165, 1.54) is 0 Å². The van der Waals surface area contributed by atoms with E-state index >= 15 is 0 Å². The first kappa shape index (κ1) is 37.5. The molecule has 0 bridgehead atoms. The summed E-state index contributed by atoms with van der Waals surface area (Å²) in [6.45, 7) is 18.0. The zero-order valence-corrected chi connectivity index (χ0v) is 30.9. The van der Waals surface area contributed by atoms with E-state index < -0.39 is 47.9 Å². The van der Waals surface area contributed by atoms with Gasteiger partial charge in [-0.1, -0.05) is 12.2 Å². The summed E-state index contributed by atoms with van der Waals surface area (Å²) in [5.74, 6) is -2.98. The number of rotatable bonds is 10. The summed E-state index contributed by atoms with van der Waals surface area (Å²) in [6.07, 6.45) is 2.89. The van der Waals surface area contributed by atoms with Crippen molar-refractivity contribution in [3.8, 4) is 0 Å². The largest absolute Gasteiger partial charge is 0.371 e. The van der Waals surface area contributed by atoms with E-state index in [0.717, 1.165) is 25.7 Å². The second-order valence-corrected chi connectivity index (χ2v) is 16.0. The van der Waals surface area contributed by atoms with E-state index in [1.807, 2.05) is 67.5 Å². The highest BCUT2D eigenvalue weighted by Crippen LogP contribution is 2.44. The van der Waals surface area contributed by atoms with E-state index in [1.54, 1.807) is 0 Å². The lowest BCUT2D eigenvalue weighted by Gasteiger charge is -2.48. The van der Waals surface area contributed by atoms with Crippen molar-refractivity contribution in [2.24, 2.45) is 0 Å². The summed E-state index contributed by atoms with van der Waals surface area (Å²) in [5, 5.41) is 0. The van der Waals surface area contributed by atoms with Gasteiger partial charge in [-0.3, -0.25) is 0 Å². The first-order chi connectivity index (χ1) is 23.7. The van der Waals surface area contributed by atoms with Gasteiger partial charge in [-0.05, 0) is 81.1 Å². The molecule has 14 nitrogen and oxygen atoms in total. The van der Waals surface area contributed by atoms with Gasteiger partial charge >= 0.3 is 0 Å². The molecule has 0 amide bonds. The third-order valence-corrected chi connectivity index (χ3v) is 10.1. The Kier molecular flexibility index (Phi) is 11.1. The maximum atomic E-state index is 6.33. The summed E-state index contributed by atoms with van der Waals surface area (Å²) in [4.78, 5) is 0. The zero-order valence-electron chi connectivity index (χ0n) is 30.9. The van der Waals surface area contributed by atoms with Crippen molar-refractivity contribution in [1.29, 1.82) is 0 Å². The first-order valence-corrected chi connectivity index (χ1v) is 18.4.